The lowest BCUT2D eigenvalue weighted by Gasteiger charge is -2.43. The summed E-state index contributed by atoms with van der Waals surface area (Å²) in [6.07, 6.45) is 1.95. The highest BCUT2D eigenvalue weighted by atomic mass is 16.5. The Hall–Kier alpha value is -0.610. The molecule has 92 valence electrons. The third-order valence-corrected chi connectivity index (χ3v) is 4.50. The fourth-order valence-corrected chi connectivity index (χ4v) is 3.33. The maximum atomic E-state index is 11.6. The maximum absolute atomic E-state index is 11.6. The zero-order valence-corrected chi connectivity index (χ0v) is 10.0. The van der Waals surface area contributed by atoms with Gasteiger partial charge in [0.25, 0.3) is 0 Å². The van der Waals surface area contributed by atoms with Crippen LogP contribution < -0.4 is 5.32 Å². The molecule has 2 aliphatic rings. The van der Waals surface area contributed by atoms with Crippen molar-refractivity contribution in [1.29, 1.82) is 0 Å². The zero-order chi connectivity index (χ0) is 11.8. The highest BCUT2D eigenvalue weighted by Gasteiger charge is 2.50. The van der Waals surface area contributed by atoms with E-state index in [1.54, 1.807) is 0 Å². The van der Waals surface area contributed by atoms with Crippen LogP contribution in [0.15, 0.2) is 0 Å². The van der Waals surface area contributed by atoms with Crippen LogP contribution in [0, 0.1) is 17.3 Å². The van der Waals surface area contributed by atoms with Gasteiger partial charge in [-0.3, -0.25) is 4.79 Å². The van der Waals surface area contributed by atoms with Crippen LogP contribution in [0.4, 0.5) is 0 Å². The summed E-state index contributed by atoms with van der Waals surface area (Å²) in [7, 11) is 1.44. The highest BCUT2D eigenvalue weighted by Crippen LogP contribution is 2.47. The number of esters is 1. The summed E-state index contributed by atoms with van der Waals surface area (Å²) in [5.41, 5.74) is -0.114. The molecule has 0 bridgehead atoms. The molecule has 2 rings (SSSR count). The Bertz CT molecular complexity index is 281. The van der Waals surface area contributed by atoms with Crippen LogP contribution in [0.2, 0.25) is 0 Å². The molecule has 2 N–H and O–H groups in total. The molecular formula is C12H21NO3. The fraction of sp³-hybridized carbons (Fsp3) is 0.917. The summed E-state index contributed by atoms with van der Waals surface area (Å²) in [6, 6.07) is 0. The Morgan fingerprint density at radius 3 is 2.81 bits per heavy atom. The van der Waals surface area contributed by atoms with Crippen molar-refractivity contribution in [2.75, 3.05) is 20.2 Å². The molecule has 1 heterocycles. The Kier molecular flexibility index (Phi) is 3.22. The fourth-order valence-electron chi connectivity index (χ4n) is 3.33. The van der Waals surface area contributed by atoms with Crippen LogP contribution in [0.1, 0.15) is 26.2 Å². The van der Waals surface area contributed by atoms with Gasteiger partial charge in [-0.1, -0.05) is 6.92 Å². The summed E-state index contributed by atoms with van der Waals surface area (Å²) in [4.78, 5) is 11.6. The minimum Gasteiger partial charge on any atom is -0.469 e. The smallest absolute Gasteiger partial charge is 0.308 e. The van der Waals surface area contributed by atoms with Gasteiger partial charge in [-0.25, -0.2) is 0 Å². The quantitative estimate of drug-likeness (QED) is 0.642. The van der Waals surface area contributed by atoms with E-state index in [-0.39, 0.29) is 23.4 Å². The molecule has 0 aromatic carbocycles. The van der Waals surface area contributed by atoms with Gasteiger partial charge in [0.05, 0.1) is 19.1 Å². The number of carbonyl (C=O) groups is 1. The SMILES string of the molecule is COC(=O)C1CCC(O)C2(CNCC2C)C1. The highest BCUT2D eigenvalue weighted by molar-refractivity contribution is 5.72. The lowest BCUT2D eigenvalue weighted by molar-refractivity contribution is -0.151. The van der Waals surface area contributed by atoms with Crippen LogP contribution in [0.25, 0.3) is 0 Å². The molecule has 1 saturated carbocycles. The van der Waals surface area contributed by atoms with E-state index in [4.69, 9.17) is 4.74 Å². The number of hydrogen-bond donors (Lipinski definition) is 2. The van der Waals surface area contributed by atoms with Gasteiger partial charge in [0.2, 0.25) is 0 Å². The summed E-state index contributed by atoms with van der Waals surface area (Å²) in [6.45, 7) is 3.91. The lowest BCUT2D eigenvalue weighted by atomic mass is 9.63. The average Bonchev–Trinajstić information content (AvgIpc) is 2.64. The molecule has 0 aromatic heterocycles. The van der Waals surface area contributed by atoms with Crippen molar-refractivity contribution in [3.8, 4) is 0 Å². The van der Waals surface area contributed by atoms with Crippen LogP contribution in [-0.2, 0) is 9.53 Å². The van der Waals surface area contributed by atoms with Gasteiger partial charge in [0, 0.05) is 12.0 Å². The average molecular weight is 227 g/mol. The number of aliphatic hydroxyl groups excluding tert-OH is 1. The van der Waals surface area contributed by atoms with Crippen molar-refractivity contribution >= 4 is 5.97 Å². The second-order valence-corrected chi connectivity index (χ2v) is 5.28. The molecule has 4 atom stereocenters. The van der Waals surface area contributed by atoms with Crippen molar-refractivity contribution in [1.82, 2.24) is 5.32 Å². The first-order valence-electron chi connectivity index (χ1n) is 6.07. The van der Waals surface area contributed by atoms with Gasteiger partial charge in [0.1, 0.15) is 0 Å². The summed E-state index contributed by atoms with van der Waals surface area (Å²) >= 11 is 0. The molecule has 1 aliphatic heterocycles. The molecule has 0 radical (unpaired) electrons. The number of rotatable bonds is 1. The molecule has 2 fully saturated rings. The number of aliphatic hydroxyl groups is 1. The number of carbonyl (C=O) groups excluding carboxylic acids is 1. The van der Waals surface area contributed by atoms with E-state index in [9.17, 15) is 9.90 Å². The van der Waals surface area contributed by atoms with Gasteiger partial charge in [-0.2, -0.15) is 0 Å². The van der Waals surface area contributed by atoms with E-state index in [0.29, 0.717) is 12.3 Å². The van der Waals surface area contributed by atoms with E-state index in [1.165, 1.54) is 7.11 Å². The Labute approximate surface area is 96.4 Å². The first-order chi connectivity index (χ1) is 7.60. The van der Waals surface area contributed by atoms with Gasteiger partial charge < -0.3 is 15.2 Å². The van der Waals surface area contributed by atoms with E-state index in [0.717, 1.165) is 25.9 Å². The van der Waals surface area contributed by atoms with Crippen molar-refractivity contribution in [3.63, 3.8) is 0 Å². The van der Waals surface area contributed by atoms with E-state index < -0.39 is 0 Å². The number of nitrogens with one attached hydrogen (secondary N) is 1. The first kappa shape index (κ1) is 11.9. The minimum absolute atomic E-state index is 0.0317. The molecule has 4 nitrogen and oxygen atoms in total. The van der Waals surface area contributed by atoms with Crippen molar-refractivity contribution < 1.29 is 14.6 Å². The normalized spacial score (nSPS) is 43.6. The summed E-state index contributed by atoms with van der Waals surface area (Å²) in [5.74, 6) is 0.274. The molecule has 1 spiro atoms. The summed E-state index contributed by atoms with van der Waals surface area (Å²) in [5, 5.41) is 13.5. The van der Waals surface area contributed by atoms with Gasteiger partial charge in [0.15, 0.2) is 0 Å². The van der Waals surface area contributed by atoms with E-state index in [2.05, 4.69) is 12.2 Å². The van der Waals surface area contributed by atoms with E-state index >= 15 is 0 Å². The molecule has 4 unspecified atom stereocenters. The molecule has 0 amide bonds. The zero-order valence-electron chi connectivity index (χ0n) is 10.0. The molecular weight excluding hydrogens is 206 g/mol. The summed E-state index contributed by atoms with van der Waals surface area (Å²) < 4.78 is 4.82. The predicted molar refractivity (Wildman–Crippen MR) is 59.8 cm³/mol. The standard InChI is InChI=1S/C12H21NO3/c1-8-6-13-7-12(8)5-9(11(15)16-2)3-4-10(12)14/h8-10,13-14H,3-7H2,1-2H3. The predicted octanol–water partition coefficient (Wildman–Crippen LogP) is 0.546. The van der Waals surface area contributed by atoms with Crippen LogP contribution in [0.3, 0.4) is 0 Å². The maximum Gasteiger partial charge on any atom is 0.308 e. The Balaban J connectivity index is 2.14. The second-order valence-electron chi connectivity index (χ2n) is 5.28. The number of hydrogen-bond acceptors (Lipinski definition) is 4. The molecule has 1 saturated heterocycles. The van der Waals surface area contributed by atoms with Crippen LogP contribution in [-0.4, -0.2) is 37.4 Å². The molecule has 4 heteroatoms. The van der Waals surface area contributed by atoms with Crippen molar-refractivity contribution in [2.45, 2.75) is 32.3 Å². The lowest BCUT2D eigenvalue weighted by Crippen LogP contribution is -2.47. The number of ether oxygens (including phenoxy) is 1. The van der Waals surface area contributed by atoms with Crippen molar-refractivity contribution in [2.24, 2.45) is 17.3 Å². The van der Waals surface area contributed by atoms with E-state index in [1.807, 2.05) is 0 Å². The minimum atomic E-state index is -0.279. The van der Waals surface area contributed by atoms with Crippen LogP contribution in [0.5, 0.6) is 0 Å². The third-order valence-electron chi connectivity index (χ3n) is 4.50. The third kappa shape index (κ3) is 1.74. The topological polar surface area (TPSA) is 58.6 Å². The monoisotopic (exact) mass is 227 g/mol. The van der Waals surface area contributed by atoms with Crippen molar-refractivity contribution in [3.05, 3.63) is 0 Å². The molecule has 16 heavy (non-hydrogen) atoms. The molecule has 0 aromatic rings. The van der Waals surface area contributed by atoms with Gasteiger partial charge in [-0.05, 0) is 31.7 Å². The second kappa shape index (κ2) is 4.34. The molecule has 1 aliphatic carbocycles. The van der Waals surface area contributed by atoms with Gasteiger partial charge >= 0.3 is 5.97 Å². The Morgan fingerprint density at radius 1 is 1.50 bits per heavy atom. The van der Waals surface area contributed by atoms with Gasteiger partial charge in [-0.15, -0.1) is 0 Å². The number of methoxy groups -OCH3 is 1. The largest absolute Gasteiger partial charge is 0.469 e. The Morgan fingerprint density at radius 2 is 2.25 bits per heavy atom. The first-order valence-corrected chi connectivity index (χ1v) is 6.07. The van der Waals surface area contributed by atoms with Crippen LogP contribution >= 0.6 is 0 Å².